The quantitative estimate of drug-likeness (QED) is 0.902. The predicted octanol–water partition coefficient (Wildman–Crippen LogP) is 2.96. The third-order valence-corrected chi connectivity index (χ3v) is 2.39. The van der Waals surface area contributed by atoms with E-state index in [1.54, 1.807) is 30.3 Å². The summed E-state index contributed by atoms with van der Waals surface area (Å²) >= 11 is 0. The van der Waals surface area contributed by atoms with Crippen LogP contribution in [0.2, 0.25) is 0 Å². The third-order valence-electron chi connectivity index (χ3n) is 2.39. The number of aliphatic carboxylic acids is 1. The molecule has 92 valence electrons. The Bertz CT molecular complexity index is 549. The summed E-state index contributed by atoms with van der Waals surface area (Å²) in [4.78, 5) is 10.5. The van der Waals surface area contributed by atoms with Crippen molar-refractivity contribution in [2.75, 3.05) is 6.61 Å². The summed E-state index contributed by atoms with van der Waals surface area (Å²) in [6.45, 7) is -0.405. The molecule has 0 saturated carbocycles. The van der Waals surface area contributed by atoms with E-state index in [1.165, 1.54) is 12.1 Å². The van der Waals surface area contributed by atoms with Crippen LogP contribution in [0.1, 0.15) is 0 Å². The summed E-state index contributed by atoms with van der Waals surface area (Å²) in [5.41, 5.74) is 1.51. The molecule has 0 unspecified atom stereocenters. The van der Waals surface area contributed by atoms with Gasteiger partial charge in [0.1, 0.15) is 11.6 Å². The SMILES string of the molecule is O=C(O)COc1ccccc1-c1ccc(F)cc1. The minimum absolute atomic E-state index is 0.317. The minimum Gasteiger partial charge on any atom is -0.481 e. The molecule has 0 aliphatic rings. The molecule has 0 aromatic heterocycles. The van der Waals surface area contributed by atoms with Crippen molar-refractivity contribution in [3.8, 4) is 16.9 Å². The van der Waals surface area contributed by atoms with E-state index in [-0.39, 0.29) is 5.82 Å². The molecule has 4 heteroatoms. The molecule has 0 bridgehead atoms. The van der Waals surface area contributed by atoms with E-state index in [1.807, 2.05) is 6.07 Å². The smallest absolute Gasteiger partial charge is 0.341 e. The van der Waals surface area contributed by atoms with Crippen LogP contribution in [0.3, 0.4) is 0 Å². The molecule has 2 aromatic carbocycles. The molecule has 0 aliphatic carbocycles. The fourth-order valence-electron chi connectivity index (χ4n) is 1.60. The zero-order valence-electron chi connectivity index (χ0n) is 9.47. The normalized spacial score (nSPS) is 10.1. The zero-order chi connectivity index (χ0) is 13.0. The predicted molar refractivity (Wildman–Crippen MR) is 65.0 cm³/mol. The van der Waals surface area contributed by atoms with Gasteiger partial charge in [0.2, 0.25) is 0 Å². The molecule has 0 heterocycles. The molecule has 0 fully saturated rings. The highest BCUT2D eigenvalue weighted by molar-refractivity contribution is 5.72. The van der Waals surface area contributed by atoms with Gasteiger partial charge in [-0.25, -0.2) is 9.18 Å². The van der Waals surface area contributed by atoms with Gasteiger partial charge in [-0.1, -0.05) is 30.3 Å². The molecule has 0 atom stereocenters. The second-order valence-corrected chi connectivity index (χ2v) is 3.69. The zero-order valence-corrected chi connectivity index (χ0v) is 9.47. The molecule has 1 N–H and O–H groups in total. The first-order chi connectivity index (χ1) is 8.66. The summed E-state index contributed by atoms with van der Waals surface area (Å²) < 4.78 is 18.0. The second-order valence-electron chi connectivity index (χ2n) is 3.69. The fourth-order valence-corrected chi connectivity index (χ4v) is 1.60. The van der Waals surface area contributed by atoms with Crippen molar-refractivity contribution in [3.05, 3.63) is 54.3 Å². The van der Waals surface area contributed by atoms with Crippen LogP contribution in [0.25, 0.3) is 11.1 Å². The Morgan fingerprint density at radius 1 is 1.11 bits per heavy atom. The summed E-state index contributed by atoms with van der Waals surface area (Å²) in [6.07, 6.45) is 0. The van der Waals surface area contributed by atoms with Gasteiger partial charge in [0.05, 0.1) is 0 Å². The number of hydrogen-bond acceptors (Lipinski definition) is 2. The lowest BCUT2D eigenvalue weighted by Crippen LogP contribution is -2.09. The molecule has 0 radical (unpaired) electrons. The molecule has 3 nitrogen and oxygen atoms in total. The van der Waals surface area contributed by atoms with E-state index >= 15 is 0 Å². The number of carbonyl (C=O) groups is 1. The lowest BCUT2D eigenvalue weighted by Gasteiger charge is -2.09. The van der Waals surface area contributed by atoms with Crippen molar-refractivity contribution in [2.24, 2.45) is 0 Å². The van der Waals surface area contributed by atoms with Crippen molar-refractivity contribution < 1.29 is 19.0 Å². The van der Waals surface area contributed by atoms with E-state index in [2.05, 4.69) is 0 Å². The first-order valence-corrected chi connectivity index (χ1v) is 5.36. The molecule has 0 amide bonds. The Hall–Kier alpha value is -2.36. The van der Waals surface area contributed by atoms with E-state index in [9.17, 15) is 9.18 Å². The largest absolute Gasteiger partial charge is 0.481 e. The van der Waals surface area contributed by atoms with Crippen LogP contribution >= 0.6 is 0 Å². The summed E-state index contributed by atoms with van der Waals surface area (Å²) in [5.74, 6) is -0.891. The maximum atomic E-state index is 12.8. The third kappa shape index (κ3) is 2.85. The van der Waals surface area contributed by atoms with E-state index in [4.69, 9.17) is 9.84 Å². The lowest BCUT2D eigenvalue weighted by atomic mass is 10.0. The van der Waals surface area contributed by atoms with Crippen LogP contribution in [-0.2, 0) is 4.79 Å². The number of ether oxygens (including phenoxy) is 1. The van der Waals surface area contributed by atoms with Crippen LogP contribution in [-0.4, -0.2) is 17.7 Å². The lowest BCUT2D eigenvalue weighted by molar-refractivity contribution is -0.139. The minimum atomic E-state index is -1.04. The second kappa shape index (κ2) is 5.31. The highest BCUT2D eigenvalue weighted by Crippen LogP contribution is 2.29. The number of para-hydroxylation sites is 1. The number of halogens is 1. The molecule has 0 saturated heterocycles. The van der Waals surface area contributed by atoms with Crippen molar-refractivity contribution in [1.29, 1.82) is 0 Å². The number of carboxylic acid groups (broad SMARTS) is 1. The van der Waals surface area contributed by atoms with Gasteiger partial charge in [-0.05, 0) is 23.8 Å². The Labute approximate surface area is 103 Å². The first-order valence-electron chi connectivity index (χ1n) is 5.36. The standard InChI is InChI=1S/C14H11FO3/c15-11-7-5-10(6-8-11)12-3-1-2-4-13(12)18-9-14(16)17/h1-8H,9H2,(H,16,17). The van der Waals surface area contributed by atoms with E-state index in [0.717, 1.165) is 11.1 Å². The molecule has 0 spiro atoms. The average Bonchev–Trinajstić information content (AvgIpc) is 2.38. The first kappa shape index (κ1) is 12.1. The number of carboxylic acids is 1. The molecule has 18 heavy (non-hydrogen) atoms. The van der Waals surface area contributed by atoms with Crippen LogP contribution in [0.4, 0.5) is 4.39 Å². The maximum absolute atomic E-state index is 12.8. The molecule has 2 rings (SSSR count). The highest BCUT2D eigenvalue weighted by Gasteiger charge is 2.07. The molecule has 2 aromatic rings. The Morgan fingerprint density at radius 3 is 2.44 bits per heavy atom. The van der Waals surface area contributed by atoms with Crippen LogP contribution in [0.5, 0.6) is 5.75 Å². The van der Waals surface area contributed by atoms with Crippen molar-refractivity contribution in [1.82, 2.24) is 0 Å². The topological polar surface area (TPSA) is 46.5 Å². The van der Waals surface area contributed by atoms with Gasteiger partial charge in [-0.2, -0.15) is 0 Å². The van der Waals surface area contributed by atoms with Gasteiger partial charge in [0.25, 0.3) is 0 Å². The fraction of sp³-hybridized carbons (Fsp3) is 0.0714. The van der Waals surface area contributed by atoms with Crippen LogP contribution < -0.4 is 4.74 Å². The van der Waals surface area contributed by atoms with Gasteiger partial charge in [-0.15, -0.1) is 0 Å². The monoisotopic (exact) mass is 246 g/mol. The highest BCUT2D eigenvalue weighted by atomic mass is 19.1. The number of hydrogen-bond donors (Lipinski definition) is 1. The number of rotatable bonds is 4. The van der Waals surface area contributed by atoms with Crippen LogP contribution in [0.15, 0.2) is 48.5 Å². The molecular weight excluding hydrogens is 235 g/mol. The van der Waals surface area contributed by atoms with Gasteiger partial charge >= 0.3 is 5.97 Å². The Morgan fingerprint density at radius 2 is 1.78 bits per heavy atom. The van der Waals surface area contributed by atoms with Crippen molar-refractivity contribution in [2.45, 2.75) is 0 Å². The average molecular weight is 246 g/mol. The van der Waals surface area contributed by atoms with E-state index in [0.29, 0.717) is 5.75 Å². The van der Waals surface area contributed by atoms with Gasteiger partial charge in [0, 0.05) is 5.56 Å². The van der Waals surface area contributed by atoms with Crippen molar-refractivity contribution in [3.63, 3.8) is 0 Å². The van der Waals surface area contributed by atoms with Crippen LogP contribution in [0, 0.1) is 5.82 Å². The van der Waals surface area contributed by atoms with E-state index < -0.39 is 12.6 Å². The summed E-state index contributed by atoms with van der Waals surface area (Å²) in [6, 6.07) is 13.0. The summed E-state index contributed by atoms with van der Waals surface area (Å²) in [7, 11) is 0. The Kier molecular flexibility index (Phi) is 3.57. The molecular formula is C14H11FO3. The van der Waals surface area contributed by atoms with Crippen molar-refractivity contribution >= 4 is 5.97 Å². The van der Waals surface area contributed by atoms with Gasteiger partial charge < -0.3 is 9.84 Å². The summed E-state index contributed by atoms with van der Waals surface area (Å²) in [5, 5.41) is 8.60. The van der Waals surface area contributed by atoms with Gasteiger partial charge in [0.15, 0.2) is 6.61 Å². The molecule has 0 aliphatic heterocycles. The number of benzene rings is 2. The van der Waals surface area contributed by atoms with Gasteiger partial charge in [-0.3, -0.25) is 0 Å². The Balaban J connectivity index is 2.32. The maximum Gasteiger partial charge on any atom is 0.341 e.